The van der Waals surface area contributed by atoms with E-state index < -0.39 is 5.60 Å². The molecule has 1 aromatic carbocycles. The lowest BCUT2D eigenvalue weighted by molar-refractivity contribution is 0.0593. The Morgan fingerprint density at radius 3 is 2.79 bits per heavy atom. The van der Waals surface area contributed by atoms with Crippen LogP contribution in [0.1, 0.15) is 54.9 Å². The van der Waals surface area contributed by atoms with Gasteiger partial charge in [0, 0.05) is 11.3 Å². The zero-order chi connectivity index (χ0) is 17.2. The van der Waals surface area contributed by atoms with Gasteiger partial charge in [-0.3, -0.25) is 0 Å². The molecule has 1 fully saturated rings. The second-order valence-electron chi connectivity index (χ2n) is 6.57. The van der Waals surface area contributed by atoms with Crippen molar-refractivity contribution in [2.75, 3.05) is 6.54 Å². The molecule has 1 aliphatic carbocycles. The highest BCUT2D eigenvalue weighted by atomic mass is 32.1. The van der Waals surface area contributed by atoms with Gasteiger partial charge in [-0.05, 0) is 32.3 Å². The predicted molar refractivity (Wildman–Crippen MR) is 95.1 cm³/mol. The summed E-state index contributed by atoms with van der Waals surface area (Å²) >= 11 is 1.67. The van der Waals surface area contributed by atoms with Gasteiger partial charge in [0.2, 0.25) is 0 Å². The second-order valence-corrected chi connectivity index (χ2v) is 7.46. The summed E-state index contributed by atoms with van der Waals surface area (Å²) in [5.41, 5.74) is 0.556. The molecule has 1 heterocycles. The van der Waals surface area contributed by atoms with E-state index in [1.807, 2.05) is 42.6 Å². The van der Waals surface area contributed by atoms with Crippen molar-refractivity contribution >= 4 is 17.4 Å². The first-order valence-corrected chi connectivity index (χ1v) is 9.11. The molecule has 6 heteroatoms. The van der Waals surface area contributed by atoms with Crippen LogP contribution in [0, 0.1) is 0 Å². The number of amides is 2. The van der Waals surface area contributed by atoms with Crippen LogP contribution in [-0.4, -0.2) is 22.7 Å². The summed E-state index contributed by atoms with van der Waals surface area (Å²) < 4.78 is 0. The van der Waals surface area contributed by atoms with E-state index in [1.165, 1.54) is 17.8 Å². The third-order valence-electron chi connectivity index (χ3n) is 4.25. The smallest absolute Gasteiger partial charge is 0.315 e. The summed E-state index contributed by atoms with van der Waals surface area (Å²) in [5.74, 6) is 0.630. The zero-order valence-corrected chi connectivity index (χ0v) is 14.8. The van der Waals surface area contributed by atoms with E-state index in [1.54, 1.807) is 18.3 Å². The molecule has 1 aliphatic rings. The van der Waals surface area contributed by atoms with Gasteiger partial charge in [0.05, 0.1) is 23.3 Å². The van der Waals surface area contributed by atoms with E-state index in [-0.39, 0.29) is 18.6 Å². The highest BCUT2D eigenvalue weighted by Crippen LogP contribution is 2.41. The Bertz CT molecular complexity index is 695. The molecule has 1 saturated carbocycles. The number of benzene rings is 1. The standard InChI is InChI=1S/C18H23N3O2S/c1-12(15-10-24-16(21-15)13-8-9-13)20-17(22)19-11-18(2,23)14-6-4-3-5-7-14/h3-7,10,12-13,23H,8-9,11H2,1-2H3,(H2,19,20,22)/t12-,18-/m0/s1. The van der Waals surface area contributed by atoms with Crippen LogP contribution >= 0.6 is 11.3 Å². The fourth-order valence-electron chi connectivity index (χ4n) is 2.49. The first kappa shape index (κ1) is 16.9. The molecule has 0 bridgehead atoms. The van der Waals surface area contributed by atoms with E-state index in [9.17, 15) is 9.90 Å². The number of rotatable bonds is 6. The number of aromatic nitrogens is 1. The second kappa shape index (κ2) is 6.91. The van der Waals surface area contributed by atoms with Gasteiger partial charge in [0.15, 0.2) is 0 Å². The fourth-order valence-corrected chi connectivity index (χ4v) is 3.58. The molecule has 0 spiro atoms. The first-order valence-electron chi connectivity index (χ1n) is 8.23. The third kappa shape index (κ3) is 4.13. The maximum atomic E-state index is 12.1. The van der Waals surface area contributed by atoms with Crippen molar-refractivity contribution in [2.45, 2.75) is 44.2 Å². The number of nitrogens with one attached hydrogen (secondary N) is 2. The Hall–Kier alpha value is -1.92. The van der Waals surface area contributed by atoms with Crippen LogP contribution in [0.15, 0.2) is 35.7 Å². The normalized spacial score (nSPS) is 17.8. The van der Waals surface area contributed by atoms with Crippen molar-refractivity contribution in [2.24, 2.45) is 0 Å². The van der Waals surface area contributed by atoms with Crippen LogP contribution in [0.2, 0.25) is 0 Å². The Balaban J connectivity index is 1.51. The molecule has 0 unspecified atom stereocenters. The van der Waals surface area contributed by atoms with Gasteiger partial charge in [-0.1, -0.05) is 30.3 Å². The maximum absolute atomic E-state index is 12.1. The predicted octanol–water partition coefficient (Wildman–Crippen LogP) is 3.29. The monoisotopic (exact) mass is 345 g/mol. The highest BCUT2D eigenvalue weighted by Gasteiger charge is 2.28. The molecule has 2 atom stereocenters. The lowest BCUT2D eigenvalue weighted by Gasteiger charge is -2.24. The van der Waals surface area contributed by atoms with Crippen LogP contribution in [-0.2, 0) is 5.60 Å². The number of hydrogen-bond donors (Lipinski definition) is 3. The van der Waals surface area contributed by atoms with Crippen LogP contribution in [0.4, 0.5) is 4.79 Å². The molecular formula is C18H23N3O2S. The van der Waals surface area contributed by atoms with E-state index in [0.29, 0.717) is 5.92 Å². The van der Waals surface area contributed by atoms with Crippen LogP contribution in [0.3, 0.4) is 0 Å². The van der Waals surface area contributed by atoms with Crippen molar-refractivity contribution < 1.29 is 9.90 Å². The lowest BCUT2D eigenvalue weighted by Crippen LogP contribution is -2.44. The summed E-state index contributed by atoms with van der Waals surface area (Å²) in [7, 11) is 0. The number of carbonyl (C=O) groups is 1. The van der Waals surface area contributed by atoms with Gasteiger partial charge in [-0.15, -0.1) is 11.3 Å². The molecule has 2 amide bonds. The van der Waals surface area contributed by atoms with Gasteiger partial charge in [0.25, 0.3) is 0 Å². The average molecular weight is 345 g/mol. The summed E-state index contributed by atoms with van der Waals surface area (Å²) in [6.07, 6.45) is 2.45. The Labute approximate surface area is 146 Å². The summed E-state index contributed by atoms with van der Waals surface area (Å²) in [6, 6.07) is 8.85. The molecule has 24 heavy (non-hydrogen) atoms. The lowest BCUT2D eigenvalue weighted by atomic mass is 9.96. The number of hydrogen-bond acceptors (Lipinski definition) is 4. The molecule has 0 saturated heterocycles. The Morgan fingerprint density at radius 2 is 2.12 bits per heavy atom. The fraction of sp³-hybridized carbons (Fsp3) is 0.444. The summed E-state index contributed by atoms with van der Waals surface area (Å²) in [4.78, 5) is 16.7. The van der Waals surface area contributed by atoms with E-state index in [4.69, 9.17) is 0 Å². The largest absolute Gasteiger partial charge is 0.384 e. The summed E-state index contributed by atoms with van der Waals surface area (Å²) in [6.45, 7) is 3.75. The highest BCUT2D eigenvalue weighted by molar-refractivity contribution is 7.09. The van der Waals surface area contributed by atoms with Crippen molar-refractivity contribution in [3.63, 3.8) is 0 Å². The minimum Gasteiger partial charge on any atom is -0.384 e. The van der Waals surface area contributed by atoms with Gasteiger partial charge in [-0.25, -0.2) is 9.78 Å². The van der Waals surface area contributed by atoms with Crippen molar-refractivity contribution in [3.8, 4) is 0 Å². The van der Waals surface area contributed by atoms with Gasteiger partial charge in [-0.2, -0.15) is 0 Å². The van der Waals surface area contributed by atoms with Crippen molar-refractivity contribution in [1.29, 1.82) is 0 Å². The molecule has 2 aromatic rings. The number of carbonyl (C=O) groups excluding carboxylic acids is 1. The van der Waals surface area contributed by atoms with E-state index >= 15 is 0 Å². The van der Waals surface area contributed by atoms with Crippen LogP contribution in [0.5, 0.6) is 0 Å². The maximum Gasteiger partial charge on any atom is 0.315 e. The third-order valence-corrected chi connectivity index (χ3v) is 5.27. The number of urea groups is 1. The minimum absolute atomic E-state index is 0.139. The van der Waals surface area contributed by atoms with Crippen molar-refractivity contribution in [3.05, 3.63) is 52.0 Å². The molecular weight excluding hydrogens is 322 g/mol. The van der Waals surface area contributed by atoms with Crippen LogP contribution < -0.4 is 10.6 Å². The first-order chi connectivity index (χ1) is 11.5. The molecule has 0 aliphatic heterocycles. The molecule has 3 N–H and O–H groups in total. The zero-order valence-electron chi connectivity index (χ0n) is 14.0. The Morgan fingerprint density at radius 1 is 1.42 bits per heavy atom. The van der Waals surface area contributed by atoms with E-state index in [2.05, 4.69) is 15.6 Å². The summed E-state index contributed by atoms with van der Waals surface area (Å²) in [5, 5.41) is 19.3. The SMILES string of the molecule is C[C@H](NC(=O)NC[C@](C)(O)c1ccccc1)c1csc(C2CC2)n1. The molecule has 1 aromatic heterocycles. The van der Waals surface area contributed by atoms with Gasteiger partial charge < -0.3 is 15.7 Å². The quantitative estimate of drug-likeness (QED) is 0.752. The Kier molecular flexibility index (Phi) is 4.87. The number of nitrogens with zero attached hydrogens (tertiary/aromatic N) is 1. The number of aliphatic hydroxyl groups is 1. The van der Waals surface area contributed by atoms with Gasteiger partial charge in [0.1, 0.15) is 5.60 Å². The van der Waals surface area contributed by atoms with Crippen LogP contribution in [0.25, 0.3) is 0 Å². The minimum atomic E-state index is -1.11. The van der Waals surface area contributed by atoms with Crippen molar-refractivity contribution in [1.82, 2.24) is 15.6 Å². The molecule has 3 rings (SSSR count). The number of thiazole rings is 1. The van der Waals surface area contributed by atoms with E-state index in [0.717, 1.165) is 11.3 Å². The molecule has 5 nitrogen and oxygen atoms in total. The topological polar surface area (TPSA) is 74.2 Å². The molecule has 0 radical (unpaired) electrons. The average Bonchev–Trinajstić information content (AvgIpc) is 3.31. The molecule has 128 valence electrons. The van der Waals surface area contributed by atoms with Gasteiger partial charge >= 0.3 is 6.03 Å².